The average molecular weight is 422 g/mol. The van der Waals surface area contributed by atoms with Gasteiger partial charge in [0.15, 0.2) is 5.54 Å². The SMILES string of the molecule is CC[C@H](c1ccccc1)N1c2nc(N3CCOCC3)cc(=O)n2C[C@@]1(C)C(F)(F)F. The predicted octanol–water partition coefficient (Wildman–Crippen LogP) is 3.37. The minimum absolute atomic E-state index is 0.0690. The van der Waals surface area contributed by atoms with Gasteiger partial charge in [0.2, 0.25) is 5.95 Å². The van der Waals surface area contributed by atoms with E-state index in [4.69, 9.17) is 4.74 Å². The van der Waals surface area contributed by atoms with Crippen molar-refractivity contribution in [2.75, 3.05) is 36.1 Å². The van der Waals surface area contributed by atoms with Crippen molar-refractivity contribution >= 4 is 11.8 Å². The molecular weight excluding hydrogens is 397 g/mol. The quantitative estimate of drug-likeness (QED) is 0.756. The van der Waals surface area contributed by atoms with Crippen molar-refractivity contribution in [2.24, 2.45) is 0 Å². The van der Waals surface area contributed by atoms with Gasteiger partial charge in [-0.25, -0.2) is 0 Å². The van der Waals surface area contributed by atoms with Crippen LogP contribution in [0.5, 0.6) is 0 Å². The molecule has 1 aromatic heterocycles. The Balaban J connectivity index is 1.87. The summed E-state index contributed by atoms with van der Waals surface area (Å²) in [5.41, 5.74) is -1.95. The van der Waals surface area contributed by atoms with Crippen LogP contribution in [0.25, 0.3) is 0 Å². The van der Waals surface area contributed by atoms with E-state index >= 15 is 0 Å². The molecule has 162 valence electrons. The number of aromatic nitrogens is 2. The van der Waals surface area contributed by atoms with Gasteiger partial charge >= 0.3 is 6.18 Å². The highest BCUT2D eigenvalue weighted by molar-refractivity contribution is 5.52. The summed E-state index contributed by atoms with van der Waals surface area (Å²) in [6.45, 7) is 4.59. The van der Waals surface area contributed by atoms with Crippen molar-refractivity contribution in [1.82, 2.24) is 9.55 Å². The van der Waals surface area contributed by atoms with Crippen LogP contribution in [0, 0.1) is 0 Å². The molecule has 0 unspecified atom stereocenters. The summed E-state index contributed by atoms with van der Waals surface area (Å²) in [4.78, 5) is 20.6. The van der Waals surface area contributed by atoms with Crippen LogP contribution in [0.1, 0.15) is 31.9 Å². The second-order valence-corrected chi connectivity index (χ2v) is 7.91. The molecule has 0 spiro atoms. The number of halogens is 3. The number of hydrogen-bond donors (Lipinski definition) is 0. The third-order valence-electron chi connectivity index (χ3n) is 6.02. The fourth-order valence-electron chi connectivity index (χ4n) is 4.33. The van der Waals surface area contributed by atoms with Gasteiger partial charge in [0.1, 0.15) is 5.82 Å². The molecule has 1 fully saturated rings. The maximum absolute atomic E-state index is 14.3. The lowest BCUT2D eigenvalue weighted by atomic mass is 9.94. The van der Waals surface area contributed by atoms with Crippen LogP contribution in [0.15, 0.2) is 41.2 Å². The molecule has 0 amide bonds. The zero-order chi connectivity index (χ0) is 21.5. The molecule has 0 N–H and O–H groups in total. The summed E-state index contributed by atoms with van der Waals surface area (Å²) in [5, 5.41) is 0. The van der Waals surface area contributed by atoms with Crippen molar-refractivity contribution in [3.05, 3.63) is 52.3 Å². The van der Waals surface area contributed by atoms with Crippen molar-refractivity contribution in [1.29, 1.82) is 0 Å². The molecule has 2 aromatic rings. The zero-order valence-electron chi connectivity index (χ0n) is 17.0. The lowest BCUT2D eigenvalue weighted by molar-refractivity contribution is -0.184. The second kappa shape index (κ2) is 7.61. The van der Waals surface area contributed by atoms with E-state index in [0.29, 0.717) is 38.5 Å². The normalized spacial score (nSPS) is 22.8. The van der Waals surface area contributed by atoms with Gasteiger partial charge in [-0.15, -0.1) is 0 Å². The summed E-state index contributed by atoms with van der Waals surface area (Å²) >= 11 is 0. The Hall–Kier alpha value is -2.55. The predicted molar refractivity (Wildman–Crippen MR) is 108 cm³/mol. The Kier molecular flexibility index (Phi) is 5.25. The van der Waals surface area contributed by atoms with Gasteiger partial charge in [-0.3, -0.25) is 9.36 Å². The highest BCUT2D eigenvalue weighted by Crippen LogP contribution is 2.48. The van der Waals surface area contributed by atoms with Gasteiger partial charge in [0.05, 0.1) is 25.8 Å². The summed E-state index contributed by atoms with van der Waals surface area (Å²) in [5.74, 6) is 0.466. The first kappa shape index (κ1) is 20.7. The van der Waals surface area contributed by atoms with Gasteiger partial charge in [-0.05, 0) is 18.9 Å². The molecule has 6 nitrogen and oxygen atoms in total. The zero-order valence-corrected chi connectivity index (χ0v) is 17.0. The Morgan fingerprint density at radius 2 is 1.87 bits per heavy atom. The molecule has 0 radical (unpaired) electrons. The molecule has 30 heavy (non-hydrogen) atoms. The van der Waals surface area contributed by atoms with E-state index in [9.17, 15) is 18.0 Å². The van der Waals surface area contributed by atoms with Crippen LogP contribution >= 0.6 is 0 Å². The average Bonchev–Trinajstić information content (AvgIpc) is 3.04. The highest BCUT2D eigenvalue weighted by Gasteiger charge is 2.61. The number of hydrogen-bond acceptors (Lipinski definition) is 5. The number of morpholine rings is 1. The first-order chi connectivity index (χ1) is 14.3. The molecule has 3 heterocycles. The second-order valence-electron chi connectivity index (χ2n) is 7.91. The van der Waals surface area contributed by atoms with E-state index < -0.39 is 29.9 Å². The van der Waals surface area contributed by atoms with Crippen molar-refractivity contribution in [3.63, 3.8) is 0 Å². The number of nitrogens with zero attached hydrogens (tertiary/aromatic N) is 4. The molecule has 0 aliphatic carbocycles. The van der Waals surface area contributed by atoms with Gasteiger partial charge in [-0.2, -0.15) is 18.2 Å². The van der Waals surface area contributed by atoms with E-state index in [1.165, 1.54) is 11.0 Å². The summed E-state index contributed by atoms with van der Waals surface area (Å²) in [6, 6.07) is 9.84. The number of benzene rings is 1. The maximum Gasteiger partial charge on any atom is 0.413 e. The summed E-state index contributed by atoms with van der Waals surface area (Å²) in [7, 11) is 0. The van der Waals surface area contributed by atoms with E-state index in [1.807, 2.05) is 42.2 Å². The van der Waals surface area contributed by atoms with E-state index in [1.54, 1.807) is 0 Å². The Bertz CT molecular complexity index is 957. The Labute approximate surface area is 172 Å². The fraction of sp³-hybridized carbons (Fsp3) is 0.524. The molecule has 2 aliphatic heterocycles. The highest BCUT2D eigenvalue weighted by atomic mass is 19.4. The number of fused-ring (bicyclic) bond motifs is 1. The van der Waals surface area contributed by atoms with Crippen LogP contribution in [0.2, 0.25) is 0 Å². The number of rotatable bonds is 4. The van der Waals surface area contributed by atoms with Crippen LogP contribution in [0.4, 0.5) is 24.9 Å². The molecule has 0 saturated carbocycles. The number of ether oxygens (including phenoxy) is 1. The minimum Gasteiger partial charge on any atom is -0.378 e. The molecule has 2 atom stereocenters. The smallest absolute Gasteiger partial charge is 0.378 e. The molecule has 4 rings (SSSR count). The Morgan fingerprint density at radius 3 is 2.47 bits per heavy atom. The first-order valence-electron chi connectivity index (χ1n) is 10.1. The van der Waals surface area contributed by atoms with Crippen LogP contribution < -0.4 is 15.4 Å². The van der Waals surface area contributed by atoms with Crippen LogP contribution in [-0.4, -0.2) is 47.6 Å². The van der Waals surface area contributed by atoms with Crippen molar-refractivity contribution < 1.29 is 17.9 Å². The molecule has 1 aromatic carbocycles. The van der Waals surface area contributed by atoms with Gasteiger partial charge in [0, 0.05) is 19.2 Å². The monoisotopic (exact) mass is 422 g/mol. The Morgan fingerprint density at radius 1 is 1.20 bits per heavy atom. The molecule has 1 saturated heterocycles. The van der Waals surface area contributed by atoms with E-state index in [-0.39, 0.29) is 5.95 Å². The van der Waals surface area contributed by atoms with Crippen molar-refractivity contribution in [2.45, 2.75) is 44.6 Å². The van der Waals surface area contributed by atoms with Crippen LogP contribution in [-0.2, 0) is 11.3 Å². The van der Waals surface area contributed by atoms with E-state index in [0.717, 1.165) is 17.1 Å². The topological polar surface area (TPSA) is 50.6 Å². The van der Waals surface area contributed by atoms with Crippen LogP contribution in [0.3, 0.4) is 0 Å². The lowest BCUT2D eigenvalue weighted by Crippen LogP contribution is -2.57. The summed E-state index contributed by atoms with van der Waals surface area (Å²) in [6.07, 6.45) is -4.11. The maximum atomic E-state index is 14.3. The van der Waals surface area contributed by atoms with E-state index in [2.05, 4.69) is 4.98 Å². The number of anilines is 2. The van der Waals surface area contributed by atoms with Crippen molar-refractivity contribution in [3.8, 4) is 0 Å². The molecular formula is C21H25F3N4O2. The lowest BCUT2D eigenvalue weighted by Gasteiger charge is -2.42. The van der Waals surface area contributed by atoms with Gasteiger partial charge in [-0.1, -0.05) is 37.3 Å². The first-order valence-corrected chi connectivity index (χ1v) is 10.1. The molecule has 2 aliphatic rings. The molecule has 0 bridgehead atoms. The third kappa shape index (κ3) is 3.34. The molecule has 9 heteroatoms. The number of alkyl halides is 3. The largest absolute Gasteiger partial charge is 0.413 e. The van der Waals surface area contributed by atoms with Gasteiger partial charge < -0.3 is 14.5 Å². The third-order valence-corrected chi connectivity index (χ3v) is 6.02. The summed E-state index contributed by atoms with van der Waals surface area (Å²) < 4.78 is 49.5. The van der Waals surface area contributed by atoms with Gasteiger partial charge in [0.25, 0.3) is 5.56 Å². The minimum atomic E-state index is -4.55. The fourth-order valence-corrected chi connectivity index (χ4v) is 4.33. The standard InChI is InChI=1S/C21H25F3N4O2/c1-3-16(15-7-5-4-6-8-15)28-19-25-17(26-9-11-30-12-10-26)13-18(29)27(19)14-20(28,2)21(22,23)24/h4-8,13,16H,3,9-12,14H2,1-2H3/t16-,20+/m1/s1.